The van der Waals surface area contributed by atoms with Crippen molar-refractivity contribution >= 4 is 9.84 Å². The average Bonchev–Trinajstić information content (AvgIpc) is 2.40. The largest absolute Gasteiger partial charge is 0.493 e. The smallest absolute Gasteiger partial charge is 0.175 e. The maximum Gasteiger partial charge on any atom is 0.175 e. The van der Waals surface area contributed by atoms with Crippen molar-refractivity contribution in [3.63, 3.8) is 0 Å². The van der Waals surface area contributed by atoms with Crippen molar-refractivity contribution in [2.24, 2.45) is 0 Å². The summed E-state index contributed by atoms with van der Waals surface area (Å²) in [6, 6.07) is 12.6. The molecule has 2 aromatic carbocycles. The Balaban J connectivity index is 1.96. The fourth-order valence-corrected chi connectivity index (χ4v) is 2.44. The molecule has 0 aliphatic carbocycles. The third-order valence-electron chi connectivity index (χ3n) is 2.80. The second-order valence-corrected chi connectivity index (χ2v) is 6.49. The number of benzene rings is 2. The fraction of sp³-hybridized carbons (Fsp3) is 0.200. The van der Waals surface area contributed by atoms with Crippen LogP contribution in [0.15, 0.2) is 53.4 Å². The first-order valence-corrected chi connectivity index (χ1v) is 8.02. The van der Waals surface area contributed by atoms with Gasteiger partial charge in [0.25, 0.3) is 0 Å². The molecule has 0 unspecified atom stereocenters. The third kappa shape index (κ3) is 4.06. The maximum absolute atomic E-state index is 12.7. The molecule has 0 fully saturated rings. The van der Waals surface area contributed by atoms with E-state index in [1.54, 1.807) is 30.3 Å². The van der Waals surface area contributed by atoms with E-state index in [4.69, 9.17) is 4.74 Å². The monoisotopic (exact) mass is 294 g/mol. The average molecular weight is 294 g/mol. The summed E-state index contributed by atoms with van der Waals surface area (Å²) in [5, 5.41) is 0. The molecular weight excluding hydrogens is 279 g/mol. The van der Waals surface area contributed by atoms with Gasteiger partial charge in [-0.15, -0.1) is 0 Å². The molecule has 0 spiro atoms. The van der Waals surface area contributed by atoms with E-state index in [0.717, 1.165) is 5.56 Å². The molecule has 0 heterocycles. The van der Waals surface area contributed by atoms with Crippen LogP contribution in [0.1, 0.15) is 5.56 Å². The van der Waals surface area contributed by atoms with E-state index in [1.807, 2.05) is 6.07 Å². The number of halogens is 1. The van der Waals surface area contributed by atoms with Crippen molar-refractivity contribution in [1.82, 2.24) is 0 Å². The fourth-order valence-electron chi connectivity index (χ4n) is 1.75. The van der Waals surface area contributed by atoms with Crippen molar-refractivity contribution in [2.45, 2.75) is 11.3 Å². The molecular formula is C15H15FO3S. The zero-order valence-corrected chi connectivity index (χ0v) is 11.9. The topological polar surface area (TPSA) is 43.4 Å². The van der Waals surface area contributed by atoms with Crippen LogP contribution in [0.25, 0.3) is 0 Å². The van der Waals surface area contributed by atoms with E-state index in [9.17, 15) is 12.8 Å². The lowest BCUT2D eigenvalue weighted by Gasteiger charge is -2.07. The lowest BCUT2D eigenvalue weighted by atomic mass is 10.2. The van der Waals surface area contributed by atoms with Gasteiger partial charge in [-0.25, -0.2) is 12.8 Å². The molecule has 5 heteroatoms. The van der Waals surface area contributed by atoms with Gasteiger partial charge in [0, 0.05) is 12.7 Å². The minimum atomic E-state index is -3.19. The van der Waals surface area contributed by atoms with Crippen molar-refractivity contribution in [3.8, 4) is 5.75 Å². The van der Waals surface area contributed by atoms with Gasteiger partial charge < -0.3 is 4.74 Å². The Morgan fingerprint density at radius 2 is 1.80 bits per heavy atom. The number of hydrogen-bond acceptors (Lipinski definition) is 3. The first kappa shape index (κ1) is 14.5. The van der Waals surface area contributed by atoms with Crippen molar-refractivity contribution in [2.75, 3.05) is 12.9 Å². The Morgan fingerprint density at radius 3 is 2.45 bits per heavy atom. The van der Waals surface area contributed by atoms with Gasteiger partial charge in [-0.2, -0.15) is 0 Å². The van der Waals surface area contributed by atoms with Crippen LogP contribution < -0.4 is 4.74 Å². The minimum Gasteiger partial charge on any atom is -0.493 e. The summed E-state index contributed by atoms with van der Waals surface area (Å²) in [4.78, 5) is 0.303. The molecule has 0 saturated carbocycles. The third-order valence-corrected chi connectivity index (χ3v) is 3.91. The van der Waals surface area contributed by atoms with E-state index in [0.29, 0.717) is 23.7 Å². The highest BCUT2D eigenvalue weighted by Gasteiger charge is 2.07. The van der Waals surface area contributed by atoms with Gasteiger partial charge in [0.15, 0.2) is 9.84 Å². The van der Waals surface area contributed by atoms with Crippen LogP contribution in [0, 0.1) is 5.82 Å². The van der Waals surface area contributed by atoms with Crippen LogP contribution in [0.5, 0.6) is 5.75 Å². The zero-order chi connectivity index (χ0) is 14.6. The van der Waals surface area contributed by atoms with Crippen LogP contribution in [-0.4, -0.2) is 21.3 Å². The quantitative estimate of drug-likeness (QED) is 0.851. The molecule has 0 saturated heterocycles. The molecule has 106 valence electrons. The molecule has 0 bridgehead atoms. The van der Waals surface area contributed by atoms with Gasteiger partial charge in [0.05, 0.1) is 11.5 Å². The zero-order valence-electron chi connectivity index (χ0n) is 11.0. The Morgan fingerprint density at radius 1 is 1.10 bits per heavy atom. The Labute approximate surface area is 117 Å². The SMILES string of the molecule is CS(=O)(=O)c1cccc(CCOc2ccc(F)cc2)c1. The highest BCUT2D eigenvalue weighted by atomic mass is 32.2. The highest BCUT2D eigenvalue weighted by Crippen LogP contribution is 2.14. The molecule has 2 rings (SSSR count). The van der Waals surface area contributed by atoms with E-state index in [-0.39, 0.29) is 5.82 Å². The summed E-state index contributed by atoms with van der Waals surface area (Å²) in [7, 11) is -3.19. The van der Waals surface area contributed by atoms with E-state index >= 15 is 0 Å². The molecule has 0 amide bonds. The van der Waals surface area contributed by atoms with Gasteiger partial charge >= 0.3 is 0 Å². The summed E-state index contributed by atoms with van der Waals surface area (Å²) >= 11 is 0. The van der Waals surface area contributed by atoms with E-state index < -0.39 is 9.84 Å². The molecule has 2 aromatic rings. The van der Waals surface area contributed by atoms with Crippen LogP contribution in [-0.2, 0) is 16.3 Å². The standard InChI is InChI=1S/C15H15FO3S/c1-20(17,18)15-4-2-3-12(11-15)9-10-19-14-7-5-13(16)6-8-14/h2-8,11H,9-10H2,1H3. The molecule has 0 N–H and O–H groups in total. The Hall–Kier alpha value is -1.88. The van der Waals surface area contributed by atoms with Gasteiger partial charge in [0.1, 0.15) is 11.6 Å². The predicted octanol–water partition coefficient (Wildman–Crippen LogP) is 2.85. The second kappa shape index (κ2) is 6.05. The van der Waals surface area contributed by atoms with Crippen LogP contribution in [0.4, 0.5) is 4.39 Å². The van der Waals surface area contributed by atoms with Crippen LogP contribution >= 0.6 is 0 Å². The number of ether oxygens (including phenoxy) is 1. The predicted molar refractivity (Wildman–Crippen MR) is 75.2 cm³/mol. The molecule has 20 heavy (non-hydrogen) atoms. The molecule has 0 aliphatic rings. The highest BCUT2D eigenvalue weighted by molar-refractivity contribution is 7.90. The Kier molecular flexibility index (Phi) is 4.39. The summed E-state index contributed by atoms with van der Waals surface area (Å²) < 4.78 is 41.1. The number of rotatable bonds is 5. The van der Waals surface area contributed by atoms with E-state index in [1.165, 1.54) is 18.4 Å². The summed E-state index contributed by atoms with van der Waals surface area (Å²) in [6.45, 7) is 0.402. The van der Waals surface area contributed by atoms with Gasteiger partial charge in [0.2, 0.25) is 0 Å². The summed E-state index contributed by atoms with van der Waals surface area (Å²) in [5.41, 5.74) is 0.884. The molecule has 0 atom stereocenters. The second-order valence-electron chi connectivity index (χ2n) is 4.47. The minimum absolute atomic E-state index is 0.303. The normalized spacial score (nSPS) is 11.3. The molecule has 3 nitrogen and oxygen atoms in total. The Bertz CT molecular complexity index is 679. The maximum atomic E-state index is 12.7. The van der Waals surface area contributed by atoms with Crippen LogP contribution in [0.3, 0.4) is 0 Å². The van der Waals surface area contributed by atoms with Crippen LogP contribution in [0.2, 0.25) is 0 Å². The summed E-state index contributed by atoms with van der Waals surface area (Å²) in [6.07, 6.45) is 1.77. The van der Waals surface area contributed by atoms with Gasteiger partial charge in [-0.05, 0) is 42.0 Å². The number of sulfone groups is 1. The first-order chi connectivity index (χ1) is 9.45. The van der Waals surface area contributed by atoms with Gasteiger partial charge in [-0.1, -0.05) is 12.1 Å². The molecule has 0 aliphatic heterocycles. The van der Waals surface area contributed by atoms with Crippen molar-refractivity contribution < 1.29 is 17.5 Å². The lowest BCUT2D eigenvalue weighted by Crippen LogP contribution is -2.03. The number of hydrogen-bond donors (Lipinski definition) is 0. The molecule has 0 aromatic heterocycles. The molecule has 0 radical (unpaired) electrons. The van der Waals surface area contributed by atoms with E-state index in [2.05, 4.69) is 0 Å². The van der Waals surface area contributed by atoms with Crippen molar-refractivity contribution in [1.29, 1.82) is 0 Å². The van der Waals surface area contributed by atoms with Crippen molar-refractivity contribution in [3.05, 3.63) is 59.9 Å². The van der Waals surface area contributed by atoms with Gasteiger partial charge in [-0.3, -0.25) is 0 Å². The lowest BCUT2D eigenvalue weighted by molar-refractivity contribution is 0.321. The first-order valence-electron chi connectivity index (χ1n) is 6.12. The summed E-state index contributed by atoms with van der Waals surface area (Å²) in [5.74, 6) is 0.281.